The van der Waals surface area contributed by atoms with Gasteiger partial charge in [0.2, 0.25) is 0 Å². The van der Waals surface area contributed by atoms with E-state index < -0.39 is 0 Å². The molecule has 2 aromatic rings. The topological polar surface area (TPSA) is 50.1 Å². The summed E-state index contributed by atoms with van der Waals surface area (Å²) >= 11 is 3.11. The second-order valence-electron chi connectivity index (χ2n) is 3.82. The number of rotatable bonds is 5. The van der Waals surface area contributed by atoms with Gasteiger partial charge in [0.1, 0.15) is 5.82 Å². The molecular formula is C12H13BrFN3O. The zero-order valence-corrected chi connectivity index (χ0v) is 11.2. The van der Waals surface area contributed by atoms with Gasteiger partial charge in [0, 0.05) is 24.0 Å². The van der Waals surface area contributed by atoms with Crippen LogP contribution in [0.15, 0.2) is 35.1 Å². The molecule has 0 saturated carbocycles. The maximum Gasteiger partial charge on any atom is 0.139 e. The number of aromatic nitrogens is 2. The van der Waals surface area contributed by atoms with Gasteiger partial charge in [-0.15, -0.1) is 0 Å². The molecule has 96 valence electrons. The van der Waals surface area contributed by atoms with Gasteiger partial charge in [-0.3, -0.25) is 4.68 Å². The first-order chi connectivity index (χ1) is 8.69. The molecule has 2 N–H and O–H groups in total. The number of nitrogens with zero attached hydrogens (tertiary/aromatic N) is 2. The van der Waals surface area contributed by atoms with E-state index in [1.54, 1.807) is 23.0 Å². The standard InChI is InChI=1S/C12H13BrFN3O/c13-11-2-1-10(5-12(11)14)15-6-9-7-16-17(8-9)3-4-18/h1-2,5,7-8,15,18H,3-4,6H2. The molecule has 0 bridgehead atoms. The summed E-state index contributed by atoms with van der Waals surface area (Å²) in [4.78, 5) is 0. The first-order valence-corrected chi connectivity index (χ1v) is 6.29. The normalized spacial score (nSPS) is 10.6. The fraction of sp³-hybridized carbons (Fsp3) is 0.250. The molecule has 0 radical (unpaired) electrons. The molecule has 18 heavy (non-hydrogen) atoms. The van der Waals surface area contributed by atoms with Crippen LogP contribution in [-0.4, -0.2) is 21.5 Å². The Bertz CT molecular complexity index is 530. The predicted octanol–water partition coefficient (Wildman–Crippen LogP) is 2.39. The molecule has 0 aliphatic carbocycles. The Morgan fingerprint density at radius 3 is 3.00 bits per heavy atom. The summed E-state index contributed by atoms with van der Waals surface area (Å²) in [6.45, 7) is 1.10. The number of nitrogens with one attached hydrogen (secondary N) is 1. The molecule has 4 nitrogen and oxygen atoms in total. The van der Waals surface area contributed by atoms with Crippen molar-refractivity contribution in [2.24, 2.45) is 0 Å². The van der Waals surface area contributed by atoms with E-state index in [1.165, 1.54) is 6.07 Å². The second-order valence-corrected chi connectivity index (χ2v) is 4.67. The molecule has 0 spiro atoms. The average Bonchev–Trinajstić information content (AvgIpc) is 2.79. The second kappa shape index (κ2) is 5.97. The molecule has 0 amide bonds. The third-order valence-electron chi connectivity index (χ3n) is 2.43. The minimum Gasteiger partial charge on any atom is -0.394 e. The zero-order valence-electron chi connectivity index (χ0n) is 9.61. The van der Waals surface area contributed by atoms with Crippen LogP contribution in [-0.2, 0) is 13.1 Å². The van der Waals surface area contributed by atoms with E-state index in [4.69, 9.17) is 5.11 Å². The fourth-order valence-electron chi connectivity index (χ4n) is 1.53. The van der Waals surface area contributed by atoms with Crippen LogP contribution in [0.3, 0.4) is 0 Å². The van der Waals surface area contributed by atoms with Crippen molar-refractivity contribution in [3.8, 4) is 0 Å². The van der Waals surface area contributed by atoms with Gasteiger partial charge < -0.3 is 10.4 Å². The monoisotopic (exact) mass is 313 g/mol. The van der Waals surface area contributed by atoms with Crippen LogP contribution in [0.1, 0.15) is 5.56 Å². The van der Waals surface area contributed by atoms with E-state index in [0.717, 1.165) is 5.56 Å². The number of aliphatic hydroxyl groups excluding tert-OH is 1. The minimum atomic E-state index is -0.295. The molecule has 2 rings (SSSR count). The molecule has 1 aromatic heterocycles. The first kappa shape index (κ1) is 13.0. The Kier molecular flexibility index (Phi) is 4.33. The number of anilines is 1. The lowest BCUT2D eigenvalue weighted by Gasteiger charge is -2.05. The molecule has 0 aliphatic heterocycles. The third kappa shape index (κ3) is 3.30. The summed E-state index contributed by atoms with van der Waals surface area (Å²) in [6, 6.07) is 4.89. The van der Waals surface area contributed by atoms with Crippen molar-refractivity contribution in [1.82, 2.24) is 9.78 Å². The van der Waals surface area contributed by atoms with Gasteiger partial charge in [-0.05, 0) is 34.1 Å². The highest BCUT2D eigenvalue weighted by Gasteiger charge is 2.02. The Morgan fingerprint density at radius 2 is 2.28 bits per heavy atom. The van der Waals surface area contributed by atoms with Crippen molar-refractivity contribution in [3.63, 3.8) is 0 Å². The highest BCUT2D eigenvalue weighted by molar-refractivity contribution is 9.10. The zero-order chi connectivity index (χ0) is 13.0. The summed E-state index contributed by atoms with van der Waals surface area (Å²) in [7, 11) is 0. The SMILES string of the molecule is OCCn1cc(CNc2ccc(Br)c(F)c2)cn1. The molecule has 0 fully saturated rings. The van der Waals surface area contributed by atoms with Crippen LogP contribution >= 0.6 is 15.9 Å². The Morgan fingerprint density at radius 1 is 1.44 bits per heavy atom. The van der Waals surface area contributed by atoms with Gasteiger partial charge in [0.05, 0.1) is 23.8 Å². The van der Waals surface area contributed by atoms with Gasteiger partial charge in [0.25, 0.3) is 0 Å². The van der Waals surface area contributed by atoms with Crippen LogP contribution in [0.25, 0.3) is 0 Å². The summed E-state index contributed by atoms with van der Waals surface area (Å²) < 4.78 is 15.4. The van der Waals surface area contributed by atoms with Crippen molar-refractivity contribution < 1.29 is 9.50 Å². The van der Waals surface area contributed by atoms with Gasteiger partial charge in [-0.1, -0.05) is 0 Å². The van der Waals surface area contributed by atoms with Crippen LogP contribution in [0.2, 0.25) is 0 Å². The van der Waals surface area contributed by atoms with Crippen LogP contribution in [0, 0.1) is 5.82 Å². The maximum absolute atomic E-state index is 13.3. The first-order valence-electron chi connectivity index (χ1n) is 5.50. The largest absolute Gasteiger partial charge is 0.394 e. The van der Waals surface area contributed by atoms with Gasteiger partial charge in [0.15, 0.2) is 0 Å². The van der Waals surface area contributed by atoms with Crippen LogP contribution in [0.5, 0.6) is 0 Å². The van der Waals surface area contributed by atoms with E-state index in [1.807, 2.05) is 6.20 Å². The maximum atomic E-state index is 13.3. The number of aliphatic hydroxyl groups is 1. The summed E-state index contributed by atoms with van der Waals surface area (Å²) in [6.07, 6.45) is 3.57. The molecule has 0 saturated heterocycles. The Hall–Kier alpha value is -1.40. The molecule has 0 unspecified atom stereocenters. The predicted molar refractivity (Wildman–Crippen MR) is 70.7 cm³/mol. The smallest absolute Gasteiger partial charge is 0.139 e. The van der Waals surface area contributed by atoms with Crippen molar-refractivity contribution in [2.75, 3.05) is 11.9 Å². The minimum absolute atomic E-state index is 0.0620. The fourth-order valence-corrected chi connectivity index (χ4v) is 1.78. The quantitative estimate of drug-likeness (QED) is 0.891. The molecule has 1 aromatic carbocycles. The van der Waals surface area contributed by atoms with Gasteiger partial charge in [-0.25, -0.2) is 4.39 Å². The molecule has 1 heterocycles. The van der Waals surface area contributed by atoms with Crippen molar-refractivity contribution in [2.45, 2.75) is 13.1 Å². The van der Waals surface area contributed by atoms with Gasteiger partial charge in [-0.2, -0.15) is 5.10 Å². The lowest BCUT2D eigenvalue weighted by Crippen LogP contribution is -2.02. The number of hydrogen-bond donors (Lipinski definition) is 2. The number of hydrogen-bond acceptors (Lipinski definition) is 3. The molecular weight excluding hydrogens is 301 g/mol. The number of halogens is 2. The van der Waals surface area contributed by atoms with Crippen LogP contribution in [0.4, 0.5) is 10.1 Å². The summed E-state index contributed by atoms with van der Waals surface area (Å²) in [5, 5.41) is 16.0. The lowest BCUT2D eigenvalue weighted by molar-refractivity contribution is 0.269. The van der Waals surface area contributed by atoms with Crippen molar-refractivity contribution >= 4 is 21.6 Å². The van der Waals surface area contributed by atoms with E-state index in [9.17, 15) is 4.39 Å². The summed E-state index contributed by atoms with van der Waals surface area (Å²) in [5.74, 6) is -0.295. The Balaban J connectivity index is 1.95. The molecule has 0 aliphatic rings. The number of benzene rings is 1. The highest BCUT2D eigenvalue weighted by atomic mass is 79.9. The van der Waals surface area contributed by atoms with E-state index in [2.05, 4.69) is 26.3 Å². The summed E-state index contributed by atoms with van der Waals surface area (Å²) in [5.41, 5.74) is 1.69. The molecule has 0 atom stereocenters. The van der Waals surface area contributed by atoms with Crippen molar-refractivity contribution in [3.05, 3.63) is 46.4 Å². The van der Waals surface area contributed by atoms with Crippen LogP contribution < -0.4 is 5.32 Å². The average molecular weight is 314 g/mol. The van der Waals surface area contributed by atoms with Crippen molar-refractivity contribution in [1.29, 1.82) is 0 Å². The molecule has 6 heteroatoms. The van der Waals surface area contributed by atoms with E-state index in [0.29, 0.717) is 23.2 Å². The van der Waals surface area contributed by atoms with Gasteiger partial charge >= 0.3 is 0 Å². The highest BCUT2D eigenvalue weighted by Crippen LogP contribution is 2.19. The third-order valence-corrected chi connectivity index (χ3v) is 3.08. The van der Waals surface area contributed by atoms with E-state index >= 15 is 0 Å². The van der Waals surface area contributed by atoms with E-state index in [-0.39, 0.29) is 12.4 Å². The lowest BCUT2D eigenvalue weighted by atomic mass is 10.3. The Labute approximate surface area is 113 Å².